The highest BCUT2D eigenvalue weighted by atomic mass is 16.6. The predicted molar refractivity (Wildman–Crippen MR) is 181 cm³/mol. The van der Waals surface area contributed by atoms with E-state index in [1.54, 1.807) is 31.5 Å². The van der Waals surface area contributed by atoms with Crippen molar-refractivity contribution in [1.29, 1.82) is 0 Å². The second kappa shape index (κ2) is 13.7. The second-order valence-corrected chi connectivity index (χ2v) is 12.9. The molecule has 1 amide bonds. The number of aromatic hydroxyl groups is 1. The minimum atomic E-state index is -0.569. The lowest BCUT2D eigenvalue weighted by Gasteiger charge is -2.26. The van der Waals surface area contributed by atoms with Crippen LogP contribution in [0.1, 0.15) is 76.5 Å². The van der Waals surface area contributed by atoms with Gasteiger partial charge in [-0.2, -0.15) is 5.10 Å². The van der Waals surface area contributed by atoms with E-state index in [9.17, 15) is 9.90 Å². The van der Waals surface area contributed by atoms with Crippen molar-refractivity contribution in [2.75, 3.05) is 12.4 Å². The Morgan fingerprint density at radius 3 is 2.61 bits per heavy atom. The molecule has 0 bridgehead atoms. The van der Waals surface area contributed by atoms with E-state index in [1.807, 2.05) is 57.6 Å². The number of carbonyl (C=O) groups excluding carboxylic acids is 1. The van der Waals surface area contributed by atoms with Crippen LogP contribution in [-0.2, 0) is 11.2 Å². The molecule has 46 heavy (non-hydrogen) atoms. The number of nitrogens with two attached hydrogens (primary N) is 1. The van der Waals surface area contributed by atoms with Crippen molar-refractivity contribution in [3.8, 4) is 22.8 Å². The minimum absolute atomic E-state index is 0.0401. The van der Waals surface area contributed by atoms with Crippen LogP contribution >= 0.6 is 0 Å². The lowest BCUT2D eigenvalue weighted by molar-refractivity contribution is 0.0499. The van der Waals surface area contributed by atoms with Crippen molar-refractivity contribution in [1.82, 2.24) is 19.9 Å². The van der Waals surface area contributed by atoms with E-state index in [4.69, 9.17) is 25.3 Å². The number of aryl methyl sites for hydroxylation is 2. The molecule has 244 valence electrons. The van der Waals surface area contributed by atoms with Crippen molar-refractivity contribution in [3.63, 3.8) is 0 Å². The first-order chi connectivity index (χ1) is 21.9. The number of anilines is 1. The molecular weight excluding hydrogens is 582 g/mol. The summed E-state index contributed by atoms with van der Waals surface area (Å²) in [7, 11) is 1.60. The molecule has 3 heterocycles. The van der Waals surface area contributed by atoms with E-state index >= 15 is 0 Å². The van der Waals surface area contributed by atoms with Crippen molar-refractivity contribution in [2.24, 2.45) is 10.7 Å². The fourth-order valence-corrected chi connectivity index (χ4v) is 5.95. The quantitative estimate of drug-likeness (QED) is 0.0963. The van der Waals surface area contributed by atoms with E-state index < -0.39 is 11.7 Å². The van der Waals surface area contributed by atoms with Crippen molar-refractivity contribution < 1.29 is 19.4 Å². The Kier molecular flexibility index (Phi) is 9.69. The number of aromatic nitrogens is 3. The van der Waals surface area contributed by atoms with Gasteiger partial charge in [-0.15, -0.1) is 0 Å². The molecule has 1 aliphatic carbocycles. The van der Waals surface area contributed by atoms with E-state index in [1.165, 1.54) is 0 Å². The number of pyridine rings is 1. The maximum absolute atomic E-state index is 12.6. The summed E-state index contributed by atoms with van der Waals surface area (Å²) in [5.74, 6) is 1.05. The summed E-state index contributed by atoms with van der Waals surface area (Å²) < 4.78 is 12.7. The van der Waals surface area contributed by atoms with E-state index in [-0.39, 0.29) is 17.8 Å². The number of hydrogen-bond donors (Lipinski definition) is 4. The van der Waals surface area contributed by atoms with Crippen LogP contribution in [0.15, 0.2) is 53.9 Å². The number of benzene rings is 1. The first-order valence-electron chi connectivity index (χ1n) is 15.9. The molecule has 4 aromatic rings. The predicted octanol–water partition coefficient (Wildman–Crippen LogP) is 6.66. The zero-order valence-electron chi connectivity index (χ0n) is 27.6. The Bertz CT molecular complexity index is 1740. The van der Waals surface area contributed by atoms with Crippen LogP contribution < -0.4 is 21.1 Å². The monoisotopic (exact) mass is 627 g/mol. The molecule has 1 fully saturated rings. The third-order valence-corrected chi connectivity index (χ3v) is 8.20. The molecule has 2 unspecified atom stereocenters. The average molecular weight is 628 g/mol. The summed E-state index contributed by atoms with van der Waals surface area (Å²) in [4.78, 5) is 21.9. The van der Waals surface area contributed by atoms with Gasteiger partial charge in [-0.1, -0.05) is 19.8 Å². The van der Waals surface area contributed by atoms with Crippen molar-refractivity contribution >= 4 is 28.8 Å². The van der Waals surface area contributed by atoms with Crippen molar-refractivity contribution in [2.45, 2.75) is 90.8 Å². The normalized spacial score (nSPS) is 17.4. The van der Waals surface area contributed by atoms with Crippen molar-refractivity contribution in [3.05, 3.63) is 65.6 Å². The summed E-state index contributed by atoms with van der Waals surface area (Å²) in [6.07, 6.45) is 10.3. The summed E-state index contributed by atoms with van der Waals surface area (Å²) >= 11 is 0. The van der Waals surface area contributed by atoms with Crippen LogP contribution in [0.2, 0.25) is 0 Å². The highest BCUT2D eigenvalue weighted by molar-refractivity contribution is 6.06. The second-order valence-electron chi connectivity index (χ2n) is 12.9. The SMILES string of the molecule is CCc1cc(O)ccc1N=C(N)c1cnn2cc(-c3cnc(OC)cc3C)cc2c1NC1CCCCC(NC(=O)OC(C)(C)C)C1. The Labute approximate surface area is 270 Å². The van der Waals surface area contributed by atoms with Gasteiger partial charge in [0.15, 0.2) is 0 Å². The molecule has 5 N–H and O–H groups in total. The lowest BCUT2D eigenvalue weighted by Crippen LogP contribution is -2.41. The first kappa shape index (κ1) is 32.6. The molecule has 11 nitrogen and oxygen atoms in total. The number of ether oxygens (including phenoxy) is 2. The van der Waals surface area contributed by atoms with E-state index in [0.29, 0.717) is 29.4 Å². The largest absolute Gasteiger partial charge is 0.508 e. The Morgan fingerprint density at radius 1 is 1.15 bits per heavy atom. The van der Waals surface area contributed by atoms with Gasteiger partial charge in [0.25, 0.3) is 0 Å². The highest BCUT2D eigenvalue weighted by Crippen LogP contribution is 2.33. The summed E-state index contributed by atoms with van der Waals surface area (Å²) in [6, 6.07) is 9.08. The number of phenols is 1. The van der Waals surface area contributed by atoms with Gasteiger partial charge in [0.1, 0.15) is 17.2 Å². The number of alkyl carbamates (subject to hydrolysis) is 1. The lowest BCUT2D eigenvalue weighted by atomic mass is 10.0. The highest BCUT2D eigenvalue weighted by Gasteiger charge is 2.26. The third kappa shape index (κ3) is 7.70. The molecule has 1 aliphatic rings. The number of amidine groups is 1. The van der Waals surface area contributed by atoms with E-state index in [0.717, 1.165) is 65.6 Å². The van der Waals surface area contributed by atoms with Gasteiger partial charge in [-0.05, 0) is 88.8 Å². The van der Waals surface area contributed by atoms with Gasteiger partial charge in [-0.25, -0.2) is 19.3 Å². The average Bonchev–Trinajstić information content (AvgIpc) is 3.31. The van der Waals surface area contributed by atoms with Gasteiger partial charge in [0.2, 0.25) is 5.88 Å². The summed E-state index contributed by atoms with van der Waals surface area (Å²) in [5.41, 5.74) is 13.0. The zero-order valence-corrected chi connectivity index (χ0v) is 27.6. The fourth-order valence-electron chi connectivity index (χ4n) is 5.95. The molecule has 0 saturated heterocycles. The van der Waals surface area contributed by atoms with Gasteiger partial charge >= 0.3 is 6.09 Å². The molecule has 1 aromatic carbocycles. The Hall–Kier alpha value is -4.80. The number of fused-ring (bicyclic) bond motifs is 1. The Balaban J connectivity index is 1.55. The number of nitrogens with one attached hydrogen (secondary N) is 2. The molecular formula is C35H45N7O4. The van der Waals surface area contributed by atoms with Crippen LogP contribution in [-0.4, -0.2) is 56.4 Å². The Morgan fingerprint density at radius 2 is 1.91 bits per heavy atom. The summed E-state index contributed by atoms with van der Waals surface area (Å²) in [6.45, 7) is 9.63. The molecule has 0 spiro atoms. The van der Waals surface area contributed by atoms with Gasteiger partial charge in [-0.3, -0.25) is 0 Å². The maximum Gasteiger partial charge on any atom is 0.407 e. The third-order valence-electron chi connectivity index (χ3n) is 8.20. The van der Waals surface area contributed by atoms with Gasteiger partial charge in [0.05, 0.1) is 35.8 Å². The number of aliphatic imine (C=N–C) groups is 1. The number of rotatable bonds is 8. The number of nitrogens with zero attached hydrogens (tertiary/aromatic N) is 4. The topological polar surface area (TPSA) is 148 Å². The fraction of sp³-hybridized carbons (Fsp3) is 0.429. The first-order valence-corrected chi connectivity index (χ1v) is 15.9. The number of carbonyl (C=O) groups is 1. The van der Waals surface area contributed by atoms with Crippen LogP contribution in [0.5, 0.6) is 11.6 Å². The molecule has 3 aromatic heterocycles. The summed E-state index contributed by atoms with van der Waals surface area (Å²) in [5, 5.41) is 21.6. The maximum atomic E-state index is 12.6. The molecule has 2 atom stereocenters. The number of amides is 1. The van der Waals surface area contributed by atoms with Crippen LogP contribution in [0.4, 0.5) is 16.2 Å². The standard InChI is InChI=1S/C35H45N7O4/c1-7-22-15-26(43)12-13-29(22)41-33(36)28-19-38-42-20-23(27-18-37-31(45-6)14-21(27)2)16-30(42)32(28)39-24-10-8-9-11-25(17-24)40-34(44)46-35(3,4)5/h12-16,18-20,24-25,39,43H,7-11,17H2,1-6H3,(H2,36,41)(H,40,44). The number of methoxy groups -OCH3 is 1. The van der Waals surface area contributed by atoms with Crippen LogP contribution in [0, 0.1) is 6.92 Å². The van der Waals surface area contributed by atoms with E-state index in [2.05, 4.69) is 21.7 Å². The van der Waals surface area contributed by atoms with Gasteiger partial charge in [0, 0.05) is 41.7 Å². The van der Waals surface area contributed by atoms with Crippen LogP contribution in [0.3, 0.4) is 0 Å². The zero-order chi connectivity index (χ0) is 33.0. The smallest absolute Gasteiger partial charge is 0.407 e. The van der Waals surface area contributed by atoms with Gasteiger partial charge < -0.3 is 30.9 Å². The number of hydrogen-bond acceptors (Lipinski definition) is 8. The molecule has 0 aliphatic heterocycles. The molecule has 11 heteroatoms. The molecule has 5 rings (SSSR count). The molecule has 1 saturated carbocycles. The minimum Gasteiger partial charge on any atom is -0.508 e. The number of phenolic OH excluding ortho intramolecular Hbond substituents is 1. The molecule has 0 radical (unpaired) electrons. The van der Waals surface area contributed by atoms with Crippen LogP contribution in [0.25, 0.3) is 16.6 Å².